The number of benzene rings is 2. The molecule has 0 spiro atoms. The zero-order valence-electron chi connectivity index (χ0n) is 14.6. The predicted molar refractivity (Wildman–Crippen MR) is 103 cm³/mol. The fourth-order valence-electron chi connectivity index (χ4n) is 3.52. The molecule has 0 bridgehead atoms. The molecular weight excluding hydrogens is 310 g/mol. The number of rotatable bonds is 4. The number of para-hydroxylation sites is 2. The highest BCUT2D eigenvalue weighted by atomic mass is 16.2. The smallest absolute Gasteiger partial charge is 0.260 e. The van der Waals surface area contributed by atoms with E-state index in [1.807, 2.05) is 59.6 Å². The molecule has 0 radical (unpaired) electrons. The number of hydrogen-bond donors (Lipinski definition) is 0. The maximum Gasteiger partial charge on any atom is 0.260 e. The van der Waals surface area contributed by atoms with E-state index in [0.717, 1.165) is 46.7 Å². The Balaban J connectivity index is 1.85. The number of aliphatic imine (C=N–C) groups is 1. The maximum atomic E-state index is 13.3. The number of hydrogen-bond acceptors (Lipinski definition) is 3. The molecule has 1 amide bonds. The molecule has 0 saturated carbocycles. The van der Waals surface area contributed by atoms with Gasteiger partial charge in [0.2, 0.25) is 0 Å². The second-order valence-corrected chi connectivity index (χ2v) is 6.26. The lowest BCUT2D eigenvalue weighted by Crippen LogP contribution is -2.39. The number of anilines is 1. The molecule has 0 aromatic heterocycles. The Hall–Kier alpha value is -2.72. The quantitative estimate of drug-likeness (QED) is 0.795. The Morgan fingerprint density at radius 1 is 0.960 bits per heavy atom. The first kappa shape index (κ1) is 15.8. The van der Waals surface area contributed by atoms with Gasteiger partial charge in [-0.1, -0.05) is 50.2 Å². The fraction of sp³-hybridized carbons (Fsp3) is 0.238. The van der Waals surface area contributed by atoms with Crippen LogP contribution in [-0.2, 0) is 4.79 Å². The molecular formula is C21H21N3O. The summed E-state index contributed by atoms with van der Waals surface area (Å²) in [5, 5.41) is 0. The van der Waals surface area contributed by atoms with Crippen LogP contribution < -0.4 is 4.90 Å². The van der Waals surface area contributed by atoms with Crippen LogP contribution in [0.2, 0.25) is 0 Å². The first-order valence-corrected chi connectivity index (χ1v) is 8.76. The molecule has 25 heavy (non-hydrogen) atoms. The van der Waals surface area contributed by atoms with Crippen molar-refractivity contribution >= 4 is 34.6 Å². The number of carbonyl (C=O) groups excluding carboxylic acids is 1. The van der Waals surface area contributed by atoms with Gasteiger partial charge in [0, 0.05) is 22.9 Å². The first-order valence-electron chi connectivity index (χ1n) is 8.76. The van der Waals surface area contributed by atoms with Gasteiger partial charge < -0.3 is 0 Å². The fourth-order valence-corrected chi connectivity index (χ4v) is 3.52. The Bertz CT molecular complexity index is 894. The highest BCUT2D eigenvalue weighted by Crippen LogP contribution is 2.43. The Morgan fingerprint density at radius 2 is 1.64 bits per heavy atom. The van der Waals surface area contributed by atoms with Gasteiger partial charge in [-0.3, -0.25) is 19.6 Å². The van der Waals surface area contributed by atoms with Gasteiger partial charge in [-0.2, -0.15) is 0 Å². The number of allylic oxidation sites excluding steroid dienone is 1. The summed E-state index contributed by atoms with van der Waals surface area (Å²) in [7, 11) is 0. The van der Waals surface area contributed by atoms with Gasteiger partial charge in [0.25, 0.3) is 5.91 Å². The number of nitrogens with zero attached hydrogens (tertiary/aromatic N) is 3. The molecule has 0 N–H and O–H groups in total. The Morgan fingerprint density at radius 3 is 2.40 bits per heavy atom. The molecule has 4 heteroatoms. The molecule has 126 valence electrons. The van der Waals surface area contributed by atoms with E-state index in [4.69, 9.17) is 0 Å². The van der Waals surface area contributed by atoms with E-state index in [1.165, 1.54) is 0 Å². The monoisotopic (exact) mass is 331 g/mol. The number of carbonyl (C=O) groups is 1. The zero-order valence-corrected chi connectivity index (χ0v) is 14.6. The molecule has 2 heterocycles. The SMILES string of the molecule is CCN(CC)CN1C(=O)/C(=C2/C=Nc3ccccc32)c2ccccc21. The average Bonchev–Trinajstić information content (AvgIpc) is 3.18. The van der Waals surface area contributed by atoms with Crippen LogP contribution in [0.1, 0.15) is 25.0 Å². The van der Waals surface area contributed by atoms with E-state index in [1.54, 1.807) is 0 Å². The second kappa shape index (κ2) is 6.30. The topological polar surface area (TPSA) is 35.9 Å². The van der Waals surface area contributed by atoms with Crippen LogP contribution in [0.25, 0.3) is 11.1 Å². The molecule has 0 saturated heterocycles. The van der Waals surface area contributed by atoms with Gasteiger partial charge in [0.05, 0.1) is 23.6 Å². The third-order valence-electron chi connectivity index (χ3n) is 4.96. The average molecular weight is 331 g/mol. The molecule has 0 atom stereocenters. The summed E-state index contributed by atoms with van der Waals surface area (Å²) in [6, 6.07) is 16.0. The lowest BCUT2D eigenvalue weighted by Gasteiger charge is -2.26. The molecule has 2 aliphatic rings. The van der Waals surface area contributed by atoms with Crippen LogP contribution >= 0.6 is 0 Å². The van der Waals surface area contributed by atoms with Crippen LogP contribution in [0, 0.1) is 0 Å². The van der Waals surface area contributed by atoms with E-state index in [2.05, 4.69) is 23.7 Å². The van der Waals surface area contributed by atoms with Crippen molar-refractivity contribution in [3.63, 3.8) is 0 Å². The van der Waals surface area contributed by atoms with Crippen LogP contribution in [0.15, 0.2) is 53.5 Å². The van der Waals surface area contributed by atoms with E-state index < -0.39 is 0 Å². The molecule has 4 nitrogen and oxygen atoms in total. The molecule has 0 unspecified atom stereocenters. The first-order chi connectivity index (χ1) is 12.2. The zero-order chi connectivity index (χ0) is 17.4. The van der Waals surface area contributed by atoms with Crippen molar-refractivity contribution in [3.8, 4) is 0 Å². The van der Waals surface area contributed by atoms with E-state index in [9.17, 15) is 4.79 Å². The highest BCUT2D eigenvalue weighted by Gasteiger charge is 2.35. The van der Waals surface area contributed by atoms with Gasteiger partial charge in [0.1, 0.15) is 0 Å². The minimum atomic E-state index is 0.0613. The summed E-state index contributed by atoms with van der Waals surface area (Å²) in [4.78, 5) is 21.9. The molecule has 4 rings (SSSR count). The Labute approximate surface area is 148 Å². The maximum absolute atomic E-state index is 13.3. The molecule has 2 aromatic rings. The summed E-state index contributed by atoms with van der Waals surface area (Å²) in [5.74, 6) is 0.0613. The number of amides is 1. The van der Waals surface area contributed by atoms with E-state index in [-0.39, 0.29) is 5.91 Å². The highest BCUT2D eigenvalue weighted by molar-refractivity contribution is 6.44. The van der Waals surface area contributed by atoms with Crippen molar-refractivity contribution in [1.29, 1.82) is 0 Å². The van der Waals surface area contributed by atoms with Crippen LogP contribution in [0.5, 0.6) is 0 Å². The van der Waals surface area contributed by atoms with Crippen molar-refractivity contribution in [3.05, 3.63) is 59.7 Å². The minimum absolute atomic E-state index is 0.0613. The minimum Gasteiger partial charge on any atom is -0.294 e. The van der Waals surface area contributed by atoms with Crippen LogP contribution in [0.3, 0.4) is 0 Å². The standard InChI is InChI=1S/C21H21N3O/c1-3-23(4-2)14-24-19-12-8-6-10-16(19)20(21(24)25)17-13-22-18-11-7-5-9-15(17)18/h5-13H,3-4,14H2,1-2H3/b20-17-. The molecule has 2 aliphatic heterocycles. The third-order valence-corrected chi connectivity index (χ3v) is 4.96. The van der Waals surface area contributed by atoms with Crippen molar-refractivity contribution in [2.75, 3.05) is 24.7 Å². The van der Waals surface area contributed by atoms with Gasteiger partial charge >= 0.3 is 0 Å². The normalized spacial score (nSPS) is 18.2. The van der Waals surface area contributed by atoms with Crippen molar-refractivity contribution < 1.29 is 4.79 Å². The number of fused-ring (bicyclic) bond motifs is 2. The molecule has 2 aromatic carbocycles. The predicted octanol–water partition coefficient (Wildman–Crippen LogP) is 3.96. The van der Waals surface area contributed by atoms with E-state index in [0.29, 0.717) is 6.67 Å². The van der Waals surface area contributed by atoms with Gasteiger partial charge in [0.15, 0.2) is 0 Å². The summed E-state index contributed by atoms with van der Waals surface area (Å²) in [6.45, 7) is 6.68. The summed E-state index contributed by atoms with van der Waals surface area (Å²) in [5.41, 5.74) is 5.63. The lowest BCUT2D eigenvalue weighted by molar-refractivity contribution is -0.113. The van der Waals surface area contributed by atoms with Crippen LogP contribution in [0.4, 0.5) is 11.4 Å². The van der Waals surface area contributed by atoms with Gasteiger partial charge in [-0.25, -0.2) is 0 Å². The van der Waals surface area contributed by atoms with Gasteiger partial charge in [-0.15, -0.1) is 0 Å². The van der Waals surface area contributed by atoms with Crippen LogP contribution in [-0.4, -0.2) is 36.8 Å². The van der Waals surface area contributed by atoms with Crippen molar-refractivity contribution in [2.24, 2.45) is 4.99 Å². The summed E-state index contributed by atoms with van der Waals surface area (Å²) >= 11 is 0. The summed E-state index contributed by atoms with van der Waals surface area (Å²) in [6.07, 6.45) is 1.83. The molecule has 0 fully saturated rings. The molecule has 0 aliphatic carbocycles. The van der Waals surface area contributed by atoms with Crippen molar-refractivity contribution in [2.45, 2.75) is 13.8 Å². The third kappa shape index (κ3) is 2.50. The second-order valence-electron chi connectivity index (χ2n) is 6.26. The summed E-state index contributed by atoms with van der Waals surface area (Å²) < 4.78 is 0. The van der Waals surface area contributed by atoms with E-state index >= 15 is 0 Å². The Kier molecular flexibility index (Phi) is 3.98. The lowest BCUT2D eigenvalue weighted by atomic mass is 9.97. The largest absolute Gasteiger partial charge is 0.294 e. The van der Waals surface area contributed by atoms with Crippen molar-refractivity contribution in [1.82, 2.24) is 4.90 Å². The van der Waals surface area contributed by atoms with Gasteiger partial charge in [-0.05, 0) is 25.2 Å².